The van der Waals surface area contributed by atoms with E-state index >= 15 is 0 Å². The molecule has 4 aromatic carbocycles. The van der Waals surface area contributed by atoms with Gasteiger partial charge in [-0.25, -0.2) is 0 Å². The third kappa shape index (κ3) is 5.16. The summed E-state index contributed by atoms with van der Waals surface area (Å²) in [5, 5.41) is 4.20. The van der Waals surface area contributed by atoms with Crippen molar-refractivity contribution in [2.75, 3.05) is 0 Å². The van der Waals surface area contributed by atoms with E-state index in [0.29, 0.717) is 0 Å². The number of carbonyl (C=O) groups is 1. The Labute approximate surface area is 207 Å². The molecule has 0 aliphatic carbocycles. The van der Waals surface area contributed by atoms with E-state index in [1.807, 2.05) is 97.9 Å². The molecule has 0 aliphatic rings. The maximum absolute atomic E-state index is 13.7. The summed E-state index contributed by atoms with van der Waals surface area (Å²) >= 11 is 0. The van der Waals surface area contributed by atoms with E-state index < -0.39 is 7.26 Å². The molecule has 0 aliphatic heterocycles. The summed E-state index contributed by atoms with van der Waals surface area (Å²) in [7, 11) is -2.87. The maximum atomic E-state index is 13.7. The Balaban J connectivity index is 0.00000306. The van der Waals surface area contributed by atoms with Gasteiger partial charge in [-0.15, -0.1) is 17.0 Å². The van der Waals surface area contributed by atoms with Crippen molar-refractivity contribution in [2.45, 2.75) is 13.5 Å². The van der Waals surface area contributed by atoms with Crippen molar-refractivity contribution >= 4 is 46.1 Å². The van der Waals surface area contributed by atoms with Crippen LogP contribution in [0.25, 0.3) is 0 Å². The number of benzene rings is 4. The molecule has 0 amide bonds. The number of hydrogen-bond donors (Lipinski definition) is 0. The van der Waals surface area contributed by atoms with Crippen LogP contribution in [0.5, 0.6) is 0 Å². The Bertz CT molecular complexity index is 1080. The fourth-order valence-electron chi connectivity index (χ4n) is 4.32. The van der Waals surface area contributed by atoms with E-state index in [0.717, 1.165) is 26.8 Å². The zero-order chi connectivity index (χ0) is 22.2. The van der Waals surface area contributed by atoms with Gasteiger partial charge in [0.15, 0.2) is 0 Å². The van der Waals surface area contributed by atoms with Gasteiger partial charge in [0.2, 0.25) is 0 Å². The van der Waals surface area contributed by atoms with Gasteiger partial charge in [-0.3, -0.25) is 0 Å². The van der Waals surface area contributed by atoms with Gasteiger partial charge in [0, 0.05) is 0 Å². The van der Waals surface area contributed by atoms with Crippen LogP contribution in [-0.2, 0) is 16.1 Å². The monoisotopic (exact) mass is 518 g/mol. The summed E-state index contributed by atoms with van der Waals surface area (Å²) in [6.45, 7) is 2.19. The molecule has 4 aromatic rings. The minimum absolute atomic E-state index is 0. The van der Waals surface area contributed by atoms with Crippen LogP contribution in [0.3, 0.4) is 0 Å². The Hall–Kier alpha value is -3.00. The van der Waals surface area contributed by atoms with E-state index in [9.17, 15) is 4.79 Å². The molecule has 0 saturated carbocycles. The van der Waals surface area contributed by atoms with E-state index in [-0.39, 0.29) is 29.6 Å². The van der Waals surface area contributed by atoms with Gasteiger partial charge in [-0.2, -0.15) is 0 Å². The fourth-order valence-corrected chi connectivity index (χ4v) is 9.14. The summed E-state index contributed by atoms with van der Waals surface area (Å²) in [6, 6.07) is 41.0. The van der Waals surface area contributed by atoms with Crippen molar-refractivity contribution in [3.63, 3.8) is 0 Å². The second-order valence-corrected chi connectivity index (χ2v) is 11.4. The van der Waals surface area contributed by atoms with Crippen LogP contribution in [0, 0.1) is 0 Å². The van der Waals surface area contributed by atoms with E-state index in [1.54, 1.807) is 0 Å². The quantitative estimate of drug-likeness (QED) is 0.172. The van der Waals surface area contributed by atoms with Crippen LogP contribution >= 0.6 is 24.2 Å². The molecule has 4 heteroatoms. The molecule has 0 saturated heterocycles. The molecule has 0 atom stereocenters. The van der Waals surface area contributed by atoms with Crippen LogP contribution in [0.2, 0.25) is 0 Å². The molecular formula is C29H28BrO2P. The molecule has 0 unspecified atom stereocenters. The fraction of sp³-hybridized carbons (Fsp3) is 0.0690. The number of carbonyl (C=O) groups excluding carboxylic acids is 1. The zero-order valence-electron chi connectivity index (χ0n) is 18.6. The van der Waals surface area contributed by atoms with Crippen LogP contribution in [0.15, 0.2) is 133 Å². The number of esters is 1. The third-order valence-corrected chi connectivity index (χ3v) is 10.6. The molecule has 0 N–H and O–H groups in total. The van der Waals surface area contributed by atoms with Crippen molar-refractivity contribution in [3.8, 4) is 0 Å². The SMILES string of the molecule is Br.CC=C(C(=O)OCc1ccccc1)[PH](c1ccccc1)(c1ccccc1)c1ccccc1. The van der Waals surface area contributed by atoms with Gasteiger partial charge >= 0.3 is 190 Å². The van der Waals surface area contributed by atoms with Crippen LogP contribution in [-0.4, -0.2) is 5.97 Å². The molecule has 0 fully saturated rings. The molecule has 0 radical (unpaired) electrons. The Kier molecular flexibility index (Phi) is 8.77. The molecular weight excluding hydrogens is 491 g/mol. The first-order valence-corrected chi connectivity index (χ1v) is 12.8. The molecule has 0 heterocycles. The average molecular weight is 519 g/mol. The van der Waals surface area contributed by atoms with Gasteiger partial charge in [0.05, 0.1) is 0 Å². The Morgan fingerprint density at radius 1 is 0.667 bits per heavy atom. The van der Waals surface area contributed by atoms with Gasteiger partial charge < -0.3 is 0 Å². The summed E-state index contributed by atoms with van der Waals surface area (Å²) in [4.78, 5) is 13.7. The number of rotatable bonds is 7. The Morgan fingerprint density at radius 3 is 1.39 bits per heavy atom. The normalized spacial score (nSPS) is 11.8. The molecule has 0 aromatic heterocycles. The molecule has 0 bridgehead atoms. The number of halogens is 1. The van der Waals surface area contributed by atoms with E-state index in [4.69, 9.17) is 4.74 Å². The first-order valence-electron chi connectivity index (χ1n) is 10.8. The van der Waals surface area contributed by atoms with Crippen LogP contribution < -0.4 is 15.9 Å². The molecule has 168 valence electrons. The first-order chi connectivity index (χ1) is 15.8. The van der Waals surface area contributed by atoms with E-state index in [1.165, 1.54) is 0 Å². The average Bonchev–Trinajstić information content (AvgIpc) is 2.88. The summed E-state index contributed by atoms with van der Waals surface area (Å²) in [5.74, 6) is -0.264. The molecule has 4 rings (SSSR count). The number of hydrogen-bond acceptors (Lipinski definition) is 2. The van der Waals surface area contributed by atoms with Crippen LogP contribution in [0.1, 0.15) is 12.5 Å². The number of ether oxygens (including phenoxy) is 1. The van der Waals surface area contributed by atoms with E-state index in [2.05, 4.69) is 36.4 Å². The van der Waals surface area contributed by atoms with Gasteiger partial charge in [-0.1, -0.05) is 0 Å². The third-order valence-electron chi connectivity index (χ3n) is 5.75. The second-order valence-electron chi connectivity index (χ2n) is 7.61. The van der Waals surface area contributed by atoms with Gasteiger partial charge in [0.25, 0.3) is 0 Å². The minimum atomic E-state index is -2.87. The first kappa shape index (κ1) is 24.6. The van der Waals surface area contributed by atoms with Gasteiger partial charge in [0.1, 0.15) is 0 Å². The molecule has 0 spiro atoms. The standard InChI is InChI=1S/C29H27O2P.BrH/c1-2-28(29(30)31-23-24-15-7-3-8-16-24)32(25-17-9-4-10-18-25,26-19-11-5-12-20-26)27-21-13-6-14-22-27;/h2-22,32H,23H2,1H3;1H. The zero-order valence-corrected chi connectivity index (χ0v) is 21.3. The summed E-state index contributed by atoms with van der Waals surface area (Å²) in [5.41, 5.74) is 0.975. The van der Waals surface area contributed by atoms with Crippen molar-refractivity contribution in [3.05, 3.63) is 138 Å². The van der Waals surface area contributed by atoms with Crippen molar-refractivity contribution in [1.29, 1.82) is 0 Å². The second kappa shape index (κ2) is 11.7. The topological polar surface area (TPSA) is 26.3 Å². The molecule has 33 heavy (non-hydrogen) atoms. The molecule has 2 nitrogen and oxygen atoms in total. The predicted molar refractivity (Wildman–Crippen MR) is 147 cm³/mol. The van der Waals surface area contributed by atoms with Crippen molar-refractivity contribution in [1.82, 2.24) is 0 Å². The van der Waals surface area contributed by atoms with Crippen molar-refractivity contribution < 1.29 is 9.53 Å². The number of allylic oxidation sites excluding steroid dienone is 1. The van der Waals surface area contributed by atoms with Gasteiger partial charge in [-0.05, 0) is 0 Å². The van der Waals surface area contributed by atoms with Crippen LogP contribution in [0.4, 0.5) is 0 Å². The Morgan fingerprint density at radius 2 is 1.03 bits per heavy atom. The van der Waals surface area contributed by atoms with Crippen molar-refractivity contribution in [2.24, 2.45) is 0 Å². The summed E-state index contributed by atoms with van der Waals surface area (Å²) < 4.78 is 5.88. The predicted octanol–water partition coefficient (Wildman–Crippen LogP) is 5.94. The summed E-state index contributed by atoms with van der Waals surface area (Å²) in [6.07, 6.45) is 1.95.